The van der Waals surface area contributed by atoms with Gasteiger partial charge in [-0.3, -0.25) is 14.4 Å². The Morgan fingerprint density at radius 1 is 1.21 bits per heavy atom. The van der Waals surface area contributed by atoms with E-state index in [1.807, 2.05) is 6.07 Å². The molecular formula is C21H24N4O4. The molecule has 29 heavy (non-hydrogen) atoms. The number of hydrogen-bond acceptors (Lipinski definition) is 6. The summed E-state index contributed by atoms with van der Waals surface area (Å²) in [6.45, 7) is 5.20. The Morgan fingerprint density at radius 2 is 1.90 bits per heavy atom. The lowest BCUT2D eigenvalue weighted by atomic mass is 10.0. The van der Waals surface area contributed by atoms with Gasteiger partial charge in [0.25, 0.3) is 11.8 Å². The maximum atomic E-state index is 13.0. The number of nitrogens with one attached hydrogen (secondary N) is 2. The average molecular weight is 396 g/mol. The van der Waals surface area contributed by atoms with Gasteiger partial charge in [-0.1, -0.05) is 18.7 Å². The first-order valence-electron chi connectivity index (χ1n) is 9.83. The zero-order chi connectivity index (χ0) is 20.6. The number of amides is 2. The fourth-order valence-electron chi connectivity index (χ4n) is 3.73. The summed E-state index contributed by atoms with van der Waals surface area (Å²) in [5.41, 5.74) is 0.257. The second-order valence-corrected chi connectivity index (χ2v) is 7.63. The first kappa shape index (κ1) is 19.3. The van der Waals surface area contributed by atoms with Gasteiger partial charge >= 0.3 is 0 Å². The maximum Gasteiger partial charge on any atom is 0.266 e. The smallest absolute Gasteiger partial charge is 0.266 e. The van der Waals surface area contributed by atoms with Gasteiger partial charge in [0.2, 0.25) is 11.7 Å². The van der Waals surface area contributed by atoms with Gasteiger partial charge in [-0.25, -0.2) is 4.98 Å². The van der Waals surface area contributed by atoms with Crippen molar-refractivity contribution in [2.75, 3.05) is 20.1 Å². The van der Waals surface area contributed by atoms with E-state index >= 15 is 0 Å². The number of fused-ring (bicyclic) bond motifs is 1. The molecule has 2 aromatic rings. The molecule has 8 heteroatoms. The van der Waals surface area contributed by atoms with Gasteiger partial charge in [-0.05, 0) is 44.9 Å². The van der Waals surface area contributed by atoms with E-state index in [0.29, 0.717) is 37.0 Å². The topological polar surface area (TPSA) is 105 Å². The fourth-order valence-corrected chi connectivity index (χ4v) is 3.73. The highest BCUT2D eigenvalue weighted by atomic mass is 16.4. The summed E-state index contributed by atoms with van der Waals surface area (Å²) in [6.07, 6.45) is 2.91. The zero-order valence-electron chi connectivity index (χ0n) is 16.4. The number of likely N-dealkylation sites (tertiary alicyclic amines) is 1. The third-order valence-electron chi connectivity index (χ3n) is 5.60. The normalized spacial score (nSPS) is 18.4. The second-order valence-electron chi connectivity index (χ2n) is 7.63. The third kappa shape index (κ3) is 3.55. The SMILES string of the molecule is C=C(C(=O)N1CCCC1)[C@H](NC)C(=O)NC1(C(=O)c2nc3ccccc3o2)CC1. The Morgan fingerprint density at radius 3 is 2.52 bits per heavy atom. The molecule has 2 heterocycles. The number of benzene rings is 1. The number of hydrogen-bond donors (Lipinski definition) is 2. The predicted molar refractivity (Wildman–Crippen MR) is 106 cm³/mol. The average Bonchev–Trinajstić information content (AvgIpc) is 3.13. The Hall–Kier alpha value is -3.00. The van der Waals surface area contributed by atoms with Gasteiger partial charge < -0.3 is 20.0 Å². The molecule has 152 valence electrons. The summed E-state index contributed by atoms with van der Waals surface area (Å²) in [7, 11) is 1.59. The first-order chi connectivity index (χ1) is 13.9. The summed E-state index contributed by atoms with van der Waals surface area (Å²) in [5, 5.41) is 5.65. The number of carbonyl (C=O) groups is 3. The molecule has 2 fully saturated rings. The molecule has 1 saturated carbocycles. The van der Waals surface area contributed by atoms with Crippen molar-refractivity contribution in [1.29, 1.82) is 0 Å². The van der Waals surface area contributed by atoms with Crippen LogP contribution in [0.25, 0.3) is 11.1 Å². The zero-order valence-corrected chi connectivity index (χ0v) is 16.4. The Kier molecular flexibility index (Phi) is 4.96. The fraction of sp³-hybridized carbons (Fsp3) is 0.429. The number of rotatable bonds is 7. The number of carbonyl (C=O) groups excluding carboxylic acids is 3. The highest BCUT2D eigenvalue weighted by Gasteiger charge is 2.54. The van der Waals surface area contributed by atoms with Crippen molar-refractivity contribution in [2.45, 2.75) is 37.3 Å². The number of aromatic nitrogens is 1. The van der Waals surface area contributed by atoms with Crippen LogP contribution in [-0.4, -0.2) is 59.2 Å². The minimum atomic E-state index is -1.04. The van der Waals surface area contributed by atoms with Crippen LogP contribution in [0.4, 0.5) is 0 Å². The highest BCUT2D eigenvalue weighted by molar-refractivity contribution is 6.07. The number of Topliss-reactive ketones (excluding diaryl/α,β-unsaturated/α-hetero) is 1. The van der Waals surface area contributed by atoms with Crippen molar-refractivity contribution in [3.63, 3.8) is 0 Å². The van der Waals surface area contributed by atoms with Crippen molar-refractivity contribution >= 4 is 28.7 Å². The van der Waals surface area contributed by atoms with Gasteiger partial charge in [0.15, 0.2) is 5.58 Å². The van der Waals surface area contributed by atoms with Crippen LogP contribution in [0, 0.1) is 0 Å². The van der Waals surface area contributed by atoms with Gasteiger partial charge in [0.05, 0.1) is 0 Å². The molecule has 0 spiro atoms. The molecule has 2 aliphatic rings. The Balaban J connectivity index is 1.47. The summed E-state index contributed by atoms with van der Waals surface area (Å²) in [4.78, 5) is 44.4. The molecular weight excluding hydrogens is 372 g/mol. The second kappa shape index (κ2) is 7.44. The minimum Gasteiger partial charge on any atom is -0.434 e. The third-order valence-corrected chi connectivity index (χ3v) is 5.60. The van der Waals surface area contributed by atoms with E-state index < -0.39 is 17.5 Å². The number of oxazole rings is 1. The van der Waals surface area contributed by atoms with Crippen LogP contribution >= 0.6 is 0 Å². The Bertz CT molecular complexity index is 952. The van der Waals surface area contributed by atoms with Crippen molar-refractivity contribution in [3.8, 4) is 0 Å². The molecule has 0 unspecified atom stereocenters. The Labute approximate surface area is 168 Å². The van der Waals surface area contributed by atoms with E-state index in [2.05, 4.69) is 22.2 Å². The van der Waals surface area contributed by atoms with Gasteiger partial charge in [0, 0.05) is 18.7 Å². The summed E-state index contributed by atoms with van der Waals surface area (Å²) in [5.74, 6) is -1.05. The van der Waals surface area contributed by atoms with E-state index in [9.17, 15) is 14.4 Å². The van der Waals surface area contributed by atoms with E-state index in [-0.39, 0.29) is 23.2 Å². The van der Waals surface area contributed by atoms with Crippen molar-refractivity contribution in [3.05, 3.63) is 42.3 Å². The maximum absolute atomic E-state index is 13.0. The molecule has 1 aromatic carbocycles. The molecule has 4 rings (SSSR count). The number of para-hydroxylation sites is 2. The molecule has 0 bridgehead atoms. The van der Waals surface area contributed by atoms with Crippen LogP contribution in [0.15, 0.2) is 40.8 Å². The summed E-state index contributed by atoms with van der Waals surface area (Å²) < 4.78 is 5.57. The molecule has 1 aliphatic carbocycles. The molecule has 1 saturated heterocycles. The lowest BCUT2D eigenvalue weighted by Gasteiger charge is -2.24. The van der Waals surface area contributed by atoms with E-state index in [1.165, 1.54) is 0 Å². The molecule has 8 nitrogen and oxygen atoms in total. The highest BCUT2D eigenvalue weighted by Crippen LogP contribution is 2.39. The van der Waals surface area contributed by atoms with E-state index in [4.69, 9.17) is 4.42 Å². The molecule has 0 radical (unpaired) electrons. The van der Waals surface area contributed by atoms with Gasteiger partial charge in [-0.15, -0.1) is 0 Å². The van der Waals surface area contributed by atoms with Crippen LogP contribution in [0.2, 0.25) is 0 Å². The molecule has 2 N–H and O–H groups in total. The van der Waals surface area contributed by atoms with Crippen molar-refractivity contribution < 1.29 is 18.8 Å². The van der Waals surface area contributed by atoms with Crippen LogP contribution in [-0.2, 0) is 9.59 Å². The lowest BCUT2D eigenvalue weighted by molar-refractivity contribution is -0.129. The standard InChI is InChI=1S/C21H24N4O4/c1-13(20(28)25-11-5-6-12-25)16(22-2)18(27)24-21(9-10-21)17(26)19-23-14-7-3-4-8-15(14)29-19/h3-4,7-8,16,22H,1,5-6,9-12H2,2H3,(H,24,27)/t16-/m0/s1. The monoisotopic (exact) mass is 396 g/mol. The summed E-state index contributed by atoms with van der Waals surface area (Å²) in [6, 6.07) is 6.21. The molecule has 1 aromatic heterocycles. The predicted octanol–water partition coefficient (Wildman–Crippen LogP) is 1.43. The van der Waals surface area contributed by atoms with Crippen molar-refractivity contribution in [1.82, 2.24) is 20.5 Å². The van der Waals surface area contributed by atoms with Crippen LogP contribution in [0.5, 0.6) is 0 Å². The largest absolute Gasteiger partial charge is 0.434 e. The molecule has 1 atom stereocenters. The number of likely N-dealkylation sites (N-methyl/N-ethyl adjacent to an activating group) is 1. The number of ketones is 1. The van der Waals surface area contributed by atoms with E-state index in [1.54, 1.807) is 30.1 Å². The van der Waals surface area contributed by atoms with Crippen LogP contribution in [0.3, 0.4) is 0 Å². The van der Waals surface area contributed by atoms with Crippen LogP contribution in [0.1, 0.15) is 36.4 Å². The quantitative estimate of drug-likeness (QED) is 0.542. The lowest BCUT2D eigenvalue weighted by Crippen LogP contribution is -2.53. The van der Waals surface area contributed by atoms with Crippen molar-refractivity contribution in [2.24, 2.45) is 0 Å². The molecule has 2 amide bonds. The van der Waals surface area contributed by atoms with E-state index in [0.717, 1.165) is 12.8 Å². The van der Waals surface area contributed by atoms with Gasteiger partial charge in [0.1, 0.15) is 17.1 Å². The number of nitrogens with zero attached hydrogens (tertiary/aromatic N) is 2. The summed E-state index contributed by atoms with van der Waals surface area (Å²) >= 11 is 0. The first-order valence-corrected chi connectivity index (χ1v) is 9.83. The molecule has 1 aliphatic heterocycles. The van der Waals surface area contributed by atoms with Crippen LogP contribution < -0.4 is 10.6 Å². The minimum absolute atomic E-state index is 0.0167. The van der Waals surface area contributed by atoms with Gasteiger partial charge in [-0.2, -0.15) is 0 Å².